The third-order valence-corrected chi connectivity index (χ3v) is 7.34. The Hall–Kier alpha value is -2.55. The number of benzene rings is 2. The number of fused-ring (bicyclic) bond motifs is 1. The average Bonchev–Trinajstić information content (AvgIpc) is 2.80. The van der Waals surface area contributed by atoms with Crippen molar-refractivity contribution in [2.75, 3.05) is 0 Å². The number of hydrogen-bond donors (Lipinski definition) is 0. The van der Waals surface area contributed by atoms with Crippen molar-refractivity contribution < 1.29 is 14.4 Å². The second-order valence-electron chi connectivity index (χ2n) is 10.6. The second-order valence-corrected chi connectivity index (χ2v) is 10.6. The molecule has 0 fully saturated rings. The van der Waals surface area contributed by atoms with E-state index in [0.29, 0.717) is 6.42 Å². The van der Waals surface area contributed by atoms with E-state index in [-0.39, 0.29) is 41.5 Å². The Kier molecular flexibility index (Phi) is 11.8. The van der Waals surface area contributed by atoms with Crippen LogP contribution >= 0.6 is 0 Å². The van der Waals surface area contributed by atoms with E-state index in [1.165, 1.54) is 35.6 Å². The maximum Gasteiger partial charge on any atom is 0.163 e. The van der Waals surface area contributed by atoms with Gasteiger partial charge in [0.05, 0.1) is 6.42 Å². The molecule has 36 heavy (non-hydrogen) atoms. The van der Waals surface area contributed by atoms with Crippen molar-refractivity contribution >= 4 is 17.3 Å². The van der Waals surface area contributed by atoms with E-state index in [0.717, 1.165) is 43.2 Å². The quantitative estimate of drug-likeness (QED) is 0.314. The fourth-order valence-electron chi connectivity index (χ4n) is 5.87. The Morgan fingerprint density at radius 1 is 0.917 bits per heavy atom. The molecule has 0 spiro atoms. The maximum absolute atomic E-state index is 13.3. The summed E-state index contributed by atoms with van der Waals surface area (Å²) >= 11 is 0. The van der Waals surface area contributed by atoms with Gasteiger partial charge in [-0.05, 0) is 79.7 Å². The zero-order valence-corrected chi connectivity index (χ0v) is 23.6. The highest BCUT2D eigenvalue weighted by Gasteiger charge is 2.34. The van der Waals surface area contributed by atoms with Crippen LogP contribution in [-0.4, -0.2) is 17.3 Å². The summed E-state index contributed by atoms with van der Waals surface area (Å²) in [6, 6.07) is 12.6. The first-order chi connectivity index (χ1) is 17.2. The van der Waals surface area contributed by atoms with Gasteiger partial charge in [-0.2, -0.15) is 0 Å². The molecule has 1 aliphatic carbocycles. The Bertz CT molecular complexity index is 1050. The molecule has 0 aliphatic heterocycles. The molecule has 2 aromatic carbocycles. The molecule has 3 rings (SSSR count). The van der Waals surface area contributed by atoms with Crippen LogP contribution in [0.15, 0.2) is 36.4 Å². The minimum atomic E-state index is -0.0984. The number of ketones is 3. The van der Waals surface area contributed by atoms with Crippen molar-refractivity contribution in [2.24, 2.45) is 17.8 Å². The van der Waals surface area contributed by atoms with Gasteiger partial charge in [0.15, 0.2) is 5.78 Å². The second kappa shape index (κ2) is 14.3. The molecule has 0 amide bonds. The molecule has 0 N–H and O–H groups in total. The molecular formula is C33H46O3. The molecule has 3 nitrogen and oxygen atoms in total. The molecule has 3 heteroatoms. The van der Waals surface area contributed by atoms with Gasteiger partial charge >= 0.3 is 0 Å². The van der Waals surface area contributed by atoms with Crippen LogP contribution in [0, 0.1) is 31.6 Å². The van der Waals surface area contributed by atoms with Gasteiger partial charge < -0.3 is 0 Å². The summed E-state index contributed by atoms with van der Waals surface area (Å²) in [6.45, 7) is 14.1. The van der Waals surface area contributed by atoms with Gasteiger partial charge in [-0.1, -0.05) is 83.4 Å². The molecule has 0 saturated heterocycles. The summed E-state index contributed by atoms with van der Waals surface area (Å²) in [5.74, 6) is 0.589. The third kappa shape index (κ3) is 7.48. The Morgan fingerprint density at radius 3 is 2.17 bits per heavy atom. The van der Waals surface area contributed by atoms with Crippen LogP contribution in [0.25, 0.3) is 11.1 Å². The van der Waals surface area contributed by atoms with Crippen molar-refractivity contribution in [3.05, 3.63) is 58.7 Å². The van der Waals surface area contributed by atoms with Gasteiger partial charge in [-0.3, -0.25) is 14.4 Å². The summed E-state index contributed by atoms with van der Waals surface area (Å²) in [5.41, 5.74) is 6.69. The number of hydrogen-bond acceptors (Lipinski definition) is 3. The van der Waals surface area contributed by atoms with Gasteiger partial charge in [-0.15, -0.1) is 0 Å². The van der Waals surface area contributed by atoms with Crippen LogP contribution in [0.1, 0.15) is 107 Å². The van der Waals surface area contributed by atoms with E-state index >= 15 is 0 Å². The van der Waals surface area contributed by atoms with E-state index in [1.54, 1.807) is 0 Å². The fraction of sp³-hybridized carbons (Fsp3) is 0.545. The summed E-state index contributed by atoms with van der Waals surface area (Å²) < 4.78 is 0. The maximum atomic E-state index is 13.3. The molecule has 196 valence electrons. The number of carbonyl (C=O) groups excluding carboxylic acids is 3. The smallest absolute Gasteiger partial charge is 0.163 e. The molecule has 0 radical (unpaired) electrons. The molecular weight excluding hydrogens is 444 g/mol. The van der Waals surface area contributed by atoms with Crippen LogP contribution in [0.2, 0.25) is 0 Å². The average molecular weight is 491 g/mol. The summed E-state index contributed by atoms with van der Waals surface area (Å²) in [4.78, 5) is 37.8. The van der Waals surface area contributed by atoms with Crippen LogP contribution < -0.4 is 0 Å². The van der Waals surface area contributed by atoms with Crippen LogP contribution in [0.3, 0.4) is 0 Å². The lowest BCUT2D eigenvalue weighted by atomic mass is 9.71. The molecule has 0 bridgehead atoms. The van der Waals surface area contributed by atoms with Gasteiger partial charge in [0.1, 0.15) is 11.6 Å². The van der Waals surface area contributed by atoms with Crippen molar-refractivity contribution in [1.29, 1.82) is 0 Å². The van der Waals surface area contributed by atoms with E-state index < -0.39 is 0 Å². The molecule has 1 aliphatic rings. The van der Waals surface area contributed by atoms with E-state index in [1.807, 2.05) is 19.9 Å². The lowest BCUT2D eigenvalue weighted by Gasteiger charge is -2.32. The van der Waals surface area contributed by atoms with E-state index in [2.05, 4.69) is 58.0 Å². The number of rotatable bonds is 10. The summed E-state index contributed by atoms with van der Waals surface area (Å²) in [7, 11) is 0. The first-order valence-electron chi connectivity index (χ1n) is 13.9. The number of Topliss-reactive ketones (excluding diaryl/α,β-unsaturated/α-hetero) is 3. The minimum absolute atomic E-state index is 0.0295. The Labute approximate surface area is 219 Å². The Balaban J connectivity index is 0.00000145. The largest absolute Gasteiger partial charge is 0.300 e. The first kappa shape index (κ1) is 29.7. The van der Waals surface area contributed by atoms with Crippen molar-refractivity contribution in [1.82, 2.24) is 0 Å². The van der Waals surface area contributed by atoms with E-state index in [4.69, 9.17) is 0 Å². The first-order valence-corrected chi connectivity index (χ1v) is 13.9. The standard InChI is InChI=1S/C30H38O3.C3H8/c1-6-10-23(24(7-2)28(32)15-21(5)31)16-22-17-27-26(25-12-9-8-11-19(25)3)14-13-20(4)30(27)29(33)18-22;1-3-2/h8-9,11-14,22-24H,6-7,10,15-18H2,1-5H3;3H2,1-2H3. The molecule has 0 aromatic heterocycles. The normalized spacial score (nSPS) is 16.4. The highest BCUT2D eigenvalue weighted by molar-refractivity contribution is 6.02. The van der Waals surface area contributed by atoms with Crippen molar-refractivity contribution in [2.45, 2.75) is 99.8 Å². The SMILES string of the molecule is CCC.CCCC(CC1CC(=O)c2c(C)ccc(-c3ccccc3C)c2C1)C(CC)C(=O)CC(C)=O. The summed E-state index contributed by atoms with van der Waals surface area (Å²) in [6.07, 6.45) is 6.26. The monoisotopic (exact) mass is 490 g/mol. The van der Waals surface area contributed by atoms with Crippen LogP contribution in [-0.2, 0) is 16.0 Å². The number of carbonyl (C=O) groups is 3. The molecule has 0 heterocycles. The minimum Gasteiger partial charge on any atom is -0.300 e. The number of aryl methyl sites for hydroxylation is 2. The third-order valence-electron chi connectivity index (χ3n) is 7.34. The van der Waals surface area contributed by atoms with Crippen molar-refractivity contribution in [3.63, 3.8) is 0 Å². The lowest BCUT2D eigenvalue weighted by molar-refractivity contribution is -0.129. The molecule has 2 aromatic rings. The fourth-order valence-corrected chi connectivity index (χ4v) is 5.87. The lowest BCUT2D eigenvalue weighted by Crippen LogP contribution is -2.30. The van der Waals surface area contributed by atoms with Gasteiger partial charge in [0, 0.05) is 17.9 Å². The van der Waals surface area contributed by atoms with Gasteiger partial charge in [-0.25, -0.2) is 0 Å². The van der Waals surface area contributed by atoms with Crippen LogP contribution in [0.4, 0.5) is 0 Å². The topological polar surface area (TPSA) is 51.2 Å². The van der Waals surface area contributed by atoms with Gasteiger partial charge in [0.25, 0.3) is 0 Å². The molecule has 0 saturated carbocycles. The molecule has 3 unspecified atom stereocenters. The van der Waals surface area contributed by atoms with Gasteiger partial charge in [0.2, 0.25) is 0 Å². The van der Waals surface area contributed by atoms with E-state index in [9.17, 15) is 14.4 Å². The predicted molar refractivity (Wildman–Crippen MR) is 151 cm³/mol. The molecule has 3 atom stereocenters. The van der Waals surface area contributed by atoms with Crippen LogP contribution in [0.5, 0.6) is 0 Å². The zero-order chi connectivity index (χ0) is 26.8. The Morgan fingerprint density at radius 2 is 1.58 bits per heavy atom. The predicted octanol–water partition coefficient (Wildman–Crippen LogP) is 8.51. The van der Waals surface area contributed by atoms with Crippen molar-refractivity contribution in [3.8, 4) is 11.1 Å². The highest BCUT2D eigenvalue weighted by atomic mass is 16.1. The summed E-state index contributed by atoms with van der Waals surface area (Å²) in [5, 5.41) is 0. The zero-order valence-electron chi connectivity index (χ0n) is 23.6. The highest BCUT2D eigenvalue weighted by Crippen LogP contribution is 2.40.